The zero-order valence-corrected chi connectivity index (χ0v) is 14.6. The average Bonchev–Trinajstić information content (AvgIpc) is 2.46. The van der Waals surface area contributed by atoms with E-state index < -0.39 is 0 Å². The first-order chi connectivity index (χ1) is 10.5. The van der Waals surface area contributed by atoms with Crippen LogP contribution >= 0.6 is 11.6 Å². The molecular weight excluding hydrogens is 300 g/mol. The van der Waals surface area contributed by atoms with Crippen molar-refractivity contribution >= 4 is 17.6 Å². The van der Waals surface area contributed by atoms with Crippen LogP contribution in [0.5, 0.6) is 5.75 Å². The summed E-state index contributed by atoms with van der Waals surface area (Å²) >= 11 is 5.88. The lowest BCUT2D eigenvalue weighted by molar-refractivity contribution is -0.150. The number of carbonyl (C=O) groups excluding carboxylic acids is 1. The summed E-state index contributed by atoms with van der Waals surface area (Å²) in [5, 5.41) is 0.657. The Labute approximate surface area is 139 Å². The SMILES string of the molecule is CCCCCCCC(C)OC(=O)COc1ccc(Cl)cc1C. The van der Waals surface area contributed by atoms with Gasteiger partial charge in [-0.15, -0.1) is 0 Å². The summed E-state index contributed by atoms with van der Waals surface area (Å²) in [6.07, 6.45) is 6.95. The van der Waals surface area contributed by atoms with Crippen molar-refractivity contribution in [3.63, 3.8) is 0 Å². The maximum Gasteiger partial charge on any atom is 0.344 e. The van der Waals surface area contributed by atoms with E-state index in [0.717, 1.165) is 18.4 Å². The second-order valence-corrected chi connectivity index (χ2v) is 6.14. The molecule has 0 aliphatic carbocycles. The van der Waals surface area contributed by atoms with Crippen molar-refractivity contribution in [2.24, 2.45) is 0 Å². The first-order valence-corrected chi connectivity index (χ1v) is 8.49. The number of rotatable bonds is 10. The van der Waals surface area contributed by atoms with Crippen molar-refractivity contribution in [3.8, 4) is 5.75 Å². The van der Waals surface area contributed by atoms with Crippen LogP contribution in [-0.2, 0) is 9.53 Å². The molecule has 1 atom stereocenters. The third kappa shape index (κ3) is 7.69. The second-order valence-electron chi connectivity index (χ2n) is 5.70. The third-order valence-corrected chi connectivity index (χ3v) is 3.76. The lowest BCUT2D eigenvalue weighted by Crippen LogP contribution is -2.20. The monoisotopic (exact) mass is 326 g/mol. The lowest BCUT2D eigenvalue weighted by atomic mass is 10.1. The molecule has 124 valence electrons. The number of unbranched alkanes of at least 4 members (excludes halogenated alkanes) is 4. The van der Waals surface area contributed by atoms with Gasteiger partial charge in [-0.05, 0) is 50.5 Å². The van der Waals surface area contributed by atoms with Crippen LogP contribution in [0.1, 0.15) is 57.9 Å². The van der Waals surface area contributed by atoms with Gasteiger partial charge in [-0.25, -0.2) is 4.79 Å². The Morgan fingerprint density at radius 3 is 2.64 bits per heavy atom. The van der Waals surface area contributed by atoms with Crippen LogP contribution in [0.4, 0.5) is 0 Å². The quantitative estimate of drug-likeness (QED) is 0.431. The van der Waals surface area contributed by atoms with Gasteiger partial charge in [0.2, 0.25) is 0 Å². The molecule has 0 aromatic heterocycles. The molecule has 0 aliphatic rings. The summed E-state index contributed by atoms with van der Waals surface area (Å²) in [5.74, 6) is 0.337. The number of ether oxygens (including phenoxy) is 2. The summed E-state index contributed by atoms with van der Waals surface area (Å²) in [7, 11) is 0. The van der Waals surface area contributed by atoms with Crippen molar-refractivity contribution in [1.29, 1.82) is 0 Å². The zero-order chi connectivity index (χ0) is 16.4. The van der Waals surface area contributed by atoms with E-state index in [1.54, 1.807) is 18.2 Å². The standard InChI is InChI=1S/C18H27ClO3/c1-4-5-6-7-8-9-15(3)22-18(20)13-21-17-11-10-16(19)12-14(17)2/h10-12,15H,4-9,13H2,1-3H3. The molecule has 0 bridgehead atoms. The van der Waals surface area contributed by atoms with Crippen molar-refractivity contribution in [2.45, 2.75) is 65.4 Å². The van der Waals surface area contributed by atoms with Crippen molar-refractivity contribution in [3.05, 3.63) is 28.8 Å². The summed E-state index contributed by atoms with van der Waals surface area (Å²) < 4.78 is 10.8. The fourth-order valence-electron chi connectivity index (χ4n) is 2.26. The molecular formula is C18H27ClO3. The summed E-state index contributed by atoms with van der Waals surface area (Å²) in [5.41, 5.74) is 0.907. The Morgan fingerprint density at radius 2 is 1.95 bits per heavy atom. The van der Waals surface area contributed by atoms with E-state index in [9.17, 15) is 4.79 Å². The van der Waals surface area contributed by atoms with Gasteiger partial charge in [0.15, 0.2) is 6.61 Å². The Balaban J connectivity index is 2.22. The Bertz CT molecular complexity index is 460. The fourth-order valence-corrected chi connectivity index (χ4v) is 2.49. The lowest BCUT2D eigenvalue weighted by Gasteiger charge is -2.14. The summed E-state index contributed by atoms with van der Waals surface area (Å²) in [4.78, 5) is 11.8. The molecule has 4 heteroatoms. The number of carbonyl (C=O) groups is 1. The van der Waals surface area contributed by atoms with E-state index >= 15 is 0 Å². The maximum atomic E-state index is 11.8. The van der Waals surface area contributed by atoms with E-state index in [1.807, 2.05) is 13.8 Å². The number of aryl methyl sites for hydroxylation is 1. The molecule has 1 aromatic carbocycles. The molecule has 0 amide bonds. The van der Waals surface area contributed by atoms with Gasteiger partial charge >= 0.3 is 5.97 Å². The van der Waals surface area contributed by atoms with Crippen LogP contribution in [0, 0.1) is 6.92 Å². The molecule has 3 nitrogen and oxygen atoms in total. The maximum absolute atomic E-state index is 11.8. The predicted molar refractivity (Wildman–Crippen MR) is 90.6 cm³/mol. The average molecular weight is 327 g/mol. The molecule has 0 spiro atoms. The van der Waals surface area contributed by atoms with Crippen molar-refractivity contribution < 1.29 is 14.3 Å². The minimum atomic E-state index is -0.324. The van der Waals surface area contributed by atoms with Gasteiger partial charge in [-0.2, -0.15) is 0 Å². The highest BCUT2D eigenvalue weighted by molar-refractivity contribution is 6.30. The van der Waals surface area contributed by atoms with Gasteiger partial charge in [-0.1, -0.05) is 44.2 Å². The molecule has 1 aromatic rings. The van der Waals surface area contributed by atoms with Crippen molar-refractivity contribution in [1.82, 2.24) is 0 Å². The van der Waals surface area contributed by atoms with Crippen LogP contribution in [0.2, 0.25) is 5.02 Å². The van der Waals surface area contributed by atoms with Gasteiger partial charge in [0.05, 0.1) is 6.10 Å². The highest BCUT2D eigenvalue weighted by Crippen LogP contribution is 2.21. The Kier molecular flexibility index (Phi) is 8.98. The second kappa shape index (κ2) is 10.5. The fraction of sp³-hybridized carbons (Fsp3) is 0.611. The highest BCUT2D eigenvalue weighted by Gasteiger charge is 2.11. The van der Waals surface area contributed by atoms with Gasteiger partial charge in [0.1, 0.15) is 5.75 Å². The molecule has 0 saturated carbocycles. The van der Waals surface area contributed by atoms with E-state index in [1.165, 1.54) is 25.7 Å². The van der Waals surface area contributed by atoms with Gasteiger partial charge < -0.3 is 9.47 Å². The molecule has 0 N–H and O–H groups in total. The minimum absolute atomic E-state index is 0.0518. The first kappa shape index (κ1) is 18.8. The van der Waals surface area contributed by atoms with Gasteiger partial charge in [-0.3, -0.25) is 0 Å². The summed E-state index contributed by atoms with van der Waals surface area (Å²) in [6, 6.07) is 5.32. The van der Waals surface area contributed by atoms with E-state index in [-0.39, 0.29) is 18.7 Å². The molecule has 0 heterocycles. The van der Waals surface area contributed by atoms with Crippen LogP contribution in [0.3, 0.4) is 0 Å². The van der Waals surface area contributed by atoms with Crippen LogP contribution in [-0.4, -0.2) is 18.7 Å². The largest absolute Gasteiger partial charge is 0.482 e. The Hall–Kier alpha value is -1.22. The van der Waals surface area contributed by atoms with Crippen LogP contribution in [0.25, 0.3) is 0 Å². The van der Waals surface area contributed by atoms with E-state index in [0.29, 0.717) is 10.8 Å². The third-order valence-electron chi connectivity index (χ3n) is 3.53. The van der Waals surface area contributed by atoms with Crippen molar-refractivity contribution in [2.75, 3.05) is 6.61 Å². The first-order valence-electron chi connectivity index (χ1n) is 8.11. The number of hydrogen-bond acceptors (Lipinski definition) is 3. The van der Waals surface area contributed by atoms with E-state index in [2.05, 4.69) is 6.92 Å². The van der Waals surface area contributed by atoms with Crippen LogP contribution in [0.15, 0.2) is 18.2 Å². The minimum Gasteiger partial charge on any atom is -0.482 e. The number of esters is 1. The highest BCUT2D eigenvalue weighted by atomic mass is 35.5. The van der Waals surface area contributed by atoms with Gasteiger partial charge in [0, 0.05) is 5.02 Å². The van der Waals surface area contributed by atoms with Gasteiger partial charge in [0.25, 0.3) is 0 Å². The molecule has 0 aliphatic heterocycles. The molecule has 0 saturated heterocycles. The van der Waals surface area contributed by atoms with E-state index in [4.69, 9.17) is 21.1 Å². The molecule has 22 heavy (non-hydrogen) atoms. The number of halogens is 1. The molecule has 0 fully saturated rings. The number of hydrogen-bond donors (Lipinski definition) is 0. The number of benzene rings is 1. The Morgan fingerprint density at radius 1 is 1.23 bits per heavy atom. The molecule has 1 rings (SSSR count). The normalized spacial score (nSPS) is 12.0. The van der Waals surface area contributed by atoms with Crippen LogP contribution < -0.4 is 4.74 Å². The smallest absolute Gasteiger partial charge is 0.344 e. The summed E-state index contributed by atoms with van der Waals surface area (Å²) in [6.45, 7) is 5.96. The molecule has 0 radical (unpaired) electrons. The predicted octanol–water partition coefficient (Wildman–Crippen LogP) is 5.32. The molecule has 1 unspecified atom stereocenters. The zero-order valence-electron chi connectivity index (χ0n) is 13.9. The topological polar surface area (TPSA) is 35.5 Å².